The van der Waals surface area contributed by atoms with Crippen molar-refractivity contribution in [1.82, 2.24) is 14.3 Å². The molecule has 216 valence electrons. The lowest BCUT2D eigenvalue weighted by molar-refractivity contribution is -0.276. The Balaban J connectivity index is 1.23. The van der Waals surface area contributed by atoms with Gasteiger partial charge in [-0.25, -0.2) is 18.1 Å². The van der Waals surface area contributed by atoms with Crippen LogP contribution in [0.2, 0.25) is 0 Å². The molecule has 2 heterocycles. The van der Waals surface area contributed by atoms with E-state index in [0.717, 1.165) is 33.3 Å². The predicted molar refractivity (Wildman–Crippen MR) is 160 cm³/mol. The van der Waals surface area contributed by atoms with Crippen molar-refractivity contribution in [3.05, 3.63) is 132 Å². The van der Waals surface area contributed by atoms with Crippen molar-refractivity contribution < 1.29 is 23.0 Å². The number of hydrogen-bond donors (Lipinski definition) is 2. The number of imidazole rings is 1. The highest BCUT2D eigenvalue weighted by Gasteiger charge is 2.38. The third kappa shape index (κ3) is 6.01. The number of aromatic nitrogens is 2. The molecular formula is C33H33N3O5S. The lowest BCUT2D eigenvalue weighted by atomic mass is 9.90. The fourth-order valence-electron chi connectivity index (χ4n) is 5.33. The van der Waals surface area contributed by atoms with E-state index in [1.165, 1.54) is 0 Å². The topological polar surface area (TPSA) is 103 Å². The SMILES string of the molecule is C[C@H]1[C@@H](Cn2cnc3ccccc32)O[C@@H](c2ccc(CNS(=O)(=O)c3ccccc3)cc2)O[C@H]1c1ccc(CO)cc1. The van der Waals surface area contributed by atoms with Crippen LogP contribution in [0.15, 0.2) is 114 Å². The number of para-hydroxylation sites is 2. The first kappa shape index (κ1) is 28.3. The van der Waals surface area contributed by atoms with E-state index in [9.17, 15) is 13.5 Å². The number of rotatable bonds is 9. The highest BCUT2D eigenvalue weighted by atomic mass is 32.2. The number of nitrogens with one attached hydrogen (secondary N) is 1. The Hall–Kier alpha value is -3.86. The molecule has 42 heavy (non-hydrogen) atoms. The smallest absolute Gasteiger partial charge is 0.240 e. The normalized spacial score (nSPS) is 21.0. The summed E-state index contributed by atoms with van der Waals surface area (Å²) in [5.41, 5.74) is 5.50. The number of hydrogen-bond acceptors (Lipinski definition) is 6. The van der Waals surface area contributed by atoms with Crippen LogP contribution < -0.4 is 4.72 Å². The monoisotopic (exact) mass is 583 g/mol. The molecule has 9 heteroatoms. The van der Waals surface area contributed by atoms with Gasteiger partial charge in [0.1, 0.15) is 0 Å². The van der Waals surface area contributed by atoms with Crippen molar-refractivity contribution in [3.63, 3.8) is 0 Å². The quantitative estimate of drug-likeness (QED) is 0.238. The zero-order valence-electron chi connectivity index (χ0n) is 23.2. The number of aliphatic hydroxyl groups excluding tert-OH is 1. The molecule has 2 N–H and O–H groups in total. The average molecular weight is 584 g/mol. The molecule has 1 aliphatic rings. The summed E-state index contributed by atoms with van der Waals surface area (Å²) < 4.78 is 43.2. The van der Waals surface area contributed by atoms with Crippen molar-refractivity contribution in [2.45, 2.75) is 50.0 Å². The molecule has 8 nitrogen and oxygen atoms in total. The van der Waals surface area contributed by atoms with E-state index in [1.54, 1.807) is 30.3 Å². The zero-order valence-corrected chi connectivity index (χ0v) is 24.0. The van der Waals surface area contributed by atoms with Gasteiger partial charge in [-0.2, -0.15) is 0 Å². The largest absolute Gasteiger partial charge is 0.392 e. The summed E-state index contributed by atoms with van der Waals surface area (Å²) in [6, 6.07) is 31.8. The van der Waals surface area contributed by atoms with Crippen LogP contribution in [0.4, 0.5) is 0 Å². The minimum absolute atomic E-state index is 0.0166. The van der Waals surface area contributed by atoms with Gasteiger partial charge >= 0.3 is 0 Å². The second kappa shape index (κ2) is 12.2. The average Bonchev–Trinajstić information content (AvgIpc) is 3.44. The van der Waals surface area contributed by atoms with Gasteiger partial charge in [0.15, 0.2) is 6.29 Å². The van der Waals surface area contributed by atoms with Crippen LogP contribution in [-0.2, 0) is 39.2 Å². The van der Waals surface area contributed by atoms with E-state index >= 15 is 0 Å². The van der Waals surface area contributed by atoms with Gasteiger partial charge in [-0.05, 0) is 41.0 Å². The van der Waals surface area contributed by atoms with Crippen LogP contribution in [0.3, 0.4) is 0 Å². The van der Waals surface area contributed by atoms with Gasteiger partial charge in [-0.1, -0.05) is 85.8 Å². The molecular weight excluding hydrogens is 550 g/mol. The van der Waals surface area contributed by atoms with E-state index in [1.807, 2.05) is 73.1 Å². The lowest BCUT2D eigenvalue weighted by Gasteiger charge is -2.41. The number of fused-ring (bicyclic) bond motifs is 1. The Morgan fingerprint density at radius 2 is 1.50 bits per heavy atom. The Labute approximate surface area is 245 Å². The summed E-state index contributed by atoms with van der Waals surface area (Å²) in [6.07, 6.45) is 0.801. The maximum Gasteiger partial charge on any atom is 0.240 e. The Morgan fingerprint density at radius 1 is 0.833 bits per heavy atom. The molecule has 6 rings (SSSR count). The molecule has 0 saturated carbocycles. The van der Waals surface area contributed by atoms with Crippen molar-refractivity contribution in [2.24, 2.45) is 5.92 Å². The third-order valence-corrected chi connectivity index (χ3v) is 9.22. The standard InChI is InChI=1S/C33H33N3O5S/c1-23-31(20-36-22-34-29-9-5-6-10-30(29)36)40-33(41-32(23)26-15-13-25(21-37)14-16-26)27-17-11-24(12-18-27)19-35-42(38,39)28-7-3-2-4-8-28/h2-18,22-23,31-33,35,37H,19-21H2,1H3/t23-,31+,32+,33+/m0/s1. The minimum Gasteiger partial charge on any atom is -0.392 e. The second-order valence-electron chi connectivity index (χ2n) is 10.6. The fourth-order valence-corrected chi connectivity index (χ4v) is 6.37. The van der Waals surface area contributed by atoms with Gasteiger partial charge in [0, 0.05) is 18.0 Å². The van der Waals surface area contributed by atoms with Gasteiger partial charge in [-0.15, -0.1) is 0 Å². The van der Waals surface area contributed by atoms with Gasteiger partial charge in [0.25, 0.3) is 0 Å². The van der Waals surface area contributed by atoms with Gasteiger partial charge in [-0.3, -0.25) is 0 Å². The molecule has 4 atom stereocenters. The second-order valence-corrected chi connectivity index (χ2v) is 12.4. The van der Waals surface area contributed by atoms with Crippen LogP contribution in [0.25, 0.3) is 11.0 Å². The summed E-state index contributed by atoms with van der Waals surface area (Å²) in [6.45, 7) is 2.88. The molecule has 0 amide bonds. The van der Waals surface area contributed by atoms with Crippen LogP contribution in [-0.4, -0.2) is 29.2 Å². The first-order chi connectivity index (χ1) is 20.4. The van der Waals surface area contributed by atoms with E-state index < -0.39 is 16.3 Å². The summed E-state index contributed by atoms with van der Waals surface area (Å²) in [5.74, 6) is 0.0223. The van der Waals surface area contributed by atoms with Gasteiger partial charge in [0.05, 0.1) is 47.6 Å². The maximum absolute atomic E-state index is 12.6. The Bertz CT molecular complexity index is 1740. The summed E-state index contributed by atoms with van der Waals surface area (Å²) in [5, 5.41) is 9.52. The highest BCUT2D eigenvalue weighted by molar-refractivity contribution is 7.89. The molecule has 5 aromatic rings. The van der Waals surface area contributed by atoms with Crippen LogP contribution in [0, 0.1) is 5.92 Å². The first-order valence-electron chi connectivity index (χ1n) is 14.0. The lowest BCUT2D eigenvalue weighted by Crippen LogP contribution is -2.39. The minimum atomic E-state index is -3.61. The molecule has 1 aliphatic heterocycles. The number of nitrogens with zero attached hydrogens (tertiary/aromatic N) is 2. The van der Waals surface area contributed by atoms with E-state index in [2.05, 4.69) is 27.3 Å². The molecule has 1 saturated heterocycles. The molecule has 4 aromatic carbocycles. The molecule has 0 unspecified atom stereocenters. The number of aliphatic hydroxyl groups is 1. The predicted octanol–water partition coefficient (Wildman–Crippen LogP) is 5.50. The molecule has 1 fully saturated rings. The van der Waals surface area contributed by atoms with Crippen molar-refractivity contribution in [3.8, 4) is 0 Å². The number of sulfonamides is 1. The van der Waals surface area contributed by atoms with Crippen molar-refractivity contribution in [1.29, 1.82) is 0 Å². The summed E-state index contributed by atoms with van der Waals surface area (Å²) >= 11 is 0. The van der Waals surface area contributed by atoms with E-state index in [0.29, 0.717) is 6.54 Å². The summed E-state index contributed by atoms with van der Waals surface area (Å²) in [7, 11) is -3.61. The van der Waals surface area contributed by atoms with Gasteiger partial charge in [0.2, 0.25) is 10.0 Å². The van der Waals surface area contributed by atoms with Crippen molar-refractivity contribution >= 4 is 21.1 Å². The Kier molecular flexibility index (Phi) is 8.19. The van der Waals surface area contributed by atoms with Crippen LogP contribution in [0.5, 0.6) is 0 Å². The van der Waals surface area contributed by atoms with Crippen LogP contribution >= 0.6 is 0 Å². The van der Waals surface area contributed by atoms with E-state index in [-0.39, 0.29) is 36.2 Å². The number of ether oxygens (including phenoxy) is 2. The molecule has 0 spiro atoms. The third-order valence-electron chi connectivity index (χ3n) is 7.80. The number of benzene rings is 4. The summed E-state index contributed by atoms with van der Waals surface area (Å²) in [4.78, 5) is 4.78. The molecule has 0 radical (unpaired) electrons. The first-order valence-corrected chi connectivity index (χ1v) is 15.4. The van der Waals surface area contributed by atoms with Crippen LogP contribution in [0.1, 0.15) is 41.6 Å². The maximum atomic E-state index is 12.6. The fraction of sp³-hybridized carbons (Fsp3) is 0.242. The molecule has 0 aliphatic carbocycles. The molecule has 0 bridgehead atoms. The van der Waals surface area contributed by atoms with Crippen molar-refractivity contribution in [2.75, 3.05) is 0 Å². The van der Waals surface area contributed by atoms with Gasteiger partial charge < -0.3 is 19.1 Å². The highest BCUT2D eigenvalue weighted by Crippen LogP contribution is 2.42. The molecule has 1 aromatic heterocycles. The van der Waals surface area contributed by atoms with E-state index in [4.69, 9.17) is 9.47 Å². The Morgan fingerprint density at radius 3 is 2.24 bits per heavy atom. The zero-order chi connectivity index (χ0) is 29.1.